The molecule has 1 amide bonds. The summed E-state index contributed by atoms with van der Waals surface area (Å²) in [4.78, 5) is 24.3. The molecule has 1 aliphatic rings. The largest absolute Gasteiger partial charge is 0.467 e. The second-order valence-electron chi connectivity index (χ2n) is 5.50. The number of hydrogen-bond acceptors (Lipinski definition) is 7. The number of aromatic nitrogens is 4. The van der Waals surface area contributed by atoms with Gasteiger partial charge in [-0.3, -0.25) is 4.79 Å². The third-order valence-electron chi connectivity index (χ3n) is 3.63. The van der Waals surface area contributed by atoms with Gasteiger partial charge in [-0.1, -0.05) is 39.8 Å². The number of hydrogen-bond donors (Lipinski definition) is 1. The summed E-state index contributed by atoms with van der Waals surface area (Å²) in [5.41, 5.74) is 0.649. The van der Waals surface area contributed by atoms with Crippen LogP contribution in [0.15, 0.2) is 33.9 Å². The normalized spacial score (nSPS) is 14.8. The van der Waals surface area contributed by atoms with Crippen molar-refractivity contribution >= 4 is 39.6 Å². The minimum atomic E-state index is -0.856. The molecule has 0 spiro atoms. The molecule has 1 aliphatic carbocycles. The van der Waals surface area contributed by atoms with Gasteiger partial charge in [-0.2, -0.15) is 0 Å². The molecule has 8 nitrogen and oxygen atoms in total. The summed E-state index contributed by atoms with van der Waals surface area (Å²) >= 11 is 4.59. The van der Waals surface area contributed by atoms with Gasteiger partial charge < -0.3 is 10.1 Å². The maximum absolute atomic E-state index is 12.3. The molecule has 1 atom stereocenters. The summed E-state index contributed by atoms with van der Waals surface area (Å²) in [5.74, 6) is -0.714. The van der Waals surface area contributed by atoms with E-state index in [1.807, 2.05) is 0 Å². The average Bonchev–Trinajstić information content (AvgIpc) is 3.36. The number of nitrogens with zero attached hydrogens (tertiary/aromatic N) is 4. The number of esters is 1. The van der Waals surface area contributed by atoms with Crippen LogP contribution in [0.1, 0.15) is 30.5 Å². The highest BCUT2D eigenvalue weighted by Crippen LogP contribution is 2.36. The summed E-state index contributed by atoms with van der Waals surface area (Å²) in [6.45, 7) is 0. The van der Waals surface area contributed by atoms with Gasteiger partial charge in [-0.05, 0) is 41.0 Å². The number of ether oxygens (including phenoxy) is 1. The number of benzene rings is 1. The van der Waals surface area contributed by atoms with Gasteiger partial charge in [0, 0.05) is 4.47 Å². The van der Waals surface area contributed by atoms with Crippen molar-refractivity contribution in [2.45, 2.75) is 30.1 Å². The van der Waals surface area contributed by atoms with Crippen LogP contribution >= 0.6 is 27.7 Å². The van der Waals surface area contributed by atoms with E-state index in [9.17, 15) is 9.59 Å². The third-order valence-corrected chi connectivity index (χ3v) is 5.10. The Morgan fingerprint density at radius 2 is 2.12 bits per heavy atom. The van der Waals surface area contributed by atoms with Crippen molar-refractivity contribution < 1.29 is 14.3 Å². The van der Waals surface area contributed by atoms with Crippen LogP contribution in [0.2, 0.25) is 0 Å². The molecule has 1 aromatic heterocycles. The number of amides is 1. The Morgan fingerprint density at radius 3 is 2.76 bits per heavy atom. The summed E-state index contributed by atoms with van der Waals surface area (Å²) in [6, 6.07) is 6.60. The molecule has 1 unspecified atom stereocenters. The maximum atomic E-state index is 12.3. The second kappa shape index (κ2) is 7.96. The monoisotopic (exact) mass is 425 g/mol. The summed E-state index contributed by atoms with van der Waals surface area (Å²) in [5, 5.41) is 14.8. The zero-order chi connectivity index (χ0) is 17.8. The molecule has 10 heteroatoms. The van der Waals surface area contributed by atoms with Gasteiger partial charge in [0.1, 0.15) is 0 Å². The van der Waals surface area contributed by atoms with Gasteiger partial charge in [0.2, 0.25) is 11.1 Å². The van der Waals surface area contributed by atoms with Gasteiger partial charge in [0.25, 0.3) is 0 Å². The van der Waals surface area contributed by atoms with Crippen LogP contribution in [0, 0.1) is 0 Å². The number of thioether (sulfide) groups is 1. The Bertz CT molecular complexity index is 763. The van der Waals surface area contributed by atoms with E-state index in [4.69, 9.17) is 4.74 Å². The molecule has 1 aromatic carbocycles. The fourth-order valence-electron chi connectivity index (χ4n) is 2.21. The Morgan fingerprint density at radius 1 is 1.40 bits per heavy atom. The Labute approximate surface area is 156 Å². The van der Waals surface area contributed by atoms with E-state index >= 15 is 0 Å². The van der Waals surface area contributed by atoms with Crippen molar-refractivity contribution in [2.75, 3.05) is 12.9 Å². The number of halogens is 1. The highest BCUT2D eigenvalue weighted by Gasteiger charge is 2.28. The quantitative estimate of drug-likeness (QED) is 0.533. The number of nitrogens with one attached hydrogen (secondary N) is 1. The fraction of sp³-hybridized carbons (Fsp3) is 0.400. The predicted molar refractivity (Wildman–Crippen MR) is 93.9 cm³/mol. The van der Waals surface area contributed by atoms with Gasteiger partial charge in [0.15, 0.2) is 6.04 Å². The third kappa shape index (κ3) is 4.57. The first-order valence-corrected chi connectivity index (χ1v) is 9.39. The zero-order valence-corrected chi connectivity index (χ0v) is 15.8. The lowest BCUT2D eigenvalue weighted by atomic mass is 10.1. The highest BCUT2D eigenvalue weighted by atomic mass is 79.9. The summed E-state index contributed by atoms with van der Waals surface area (Å²) < 4.78 is 7.42. The summed E-state index contributed by atoms with van der Waals surface area (Å²) in [7, 11) is 1.29. The smallest absolute Gasteiger partial charge is 0.333 e. The van der Waals surface area contributed by atoms with Crippen molar-refractivity contribution in [3.05, 3.63) is 34.3 Å². The molecule has 1 fully saturated rings. The molecule has 2 aromatic rings. The van der Waals surface area contributed by atoms with E-state index in [0.29, 0.717) is 16.8 Å². The molecule has 1 saturated carbocycles. The van der Waals surface area contributed by atoms with E-state index in [-0.39, 0.29) is 11.7 Å². The molecule has 1 heterocycles. The minimum Gasteiger partial charge on any atom is -0.467 e. The first-order valence-electron chi connectivity index (χ1n) is 7.62. The lowest BCUT2D eigenvalue weighted by molar-refractivity contribution is -0.145. The first-order chi connectivity index (χ1) is 12.1. The van der Waals surface area contributed by atoms with Gasteiger partial charge in [-0.25, -0.2) is 9.48 Å². The first kappa shape index (κ1) is 17.9. The van der Waals surface area contributed by atoms with Crippen LogP contribution in [0.4, 0.5) is 0 Å². The molecule has 25 heavy (non-hydrogen) atoms. The van der Waals surface area contributed by atoms with Crippen LogP contribution in [0.25, 0.3) is 0 Å². The molecule has 1 N–H and O–H groups in total. The Hall–Kier alpha value is -1.94. The second-order valence-corrected chi connectivity index (χ2v) is 7.36. The number of carbonyl (C=O) groups excluding carboxylic acids is 2. The van der Waals surface area contributed by atoms with Gasteiger partial charge >= 0.3 is 5.97 Å². The molecule has 3 rings (SSSR count). The zero-order valence-electron chi connectivity index (χ0n) is 13.4. The fourth-order valence-corrected chi connectivity index (χ4v) is 3.23. The topological polar surface area (TPSA) is 99.0 Å². The van der Waals surface area contributed by atoms with Crippen molar-refractivity contribution in [1.82, 2.24) is 25.5 Å². The van der Waals surface area contributed by atoms with Gasteiger partial charge in [-0.15, -0.1) is 5.10 Å². The van der Waals surface area contributed by atoms with E-state index < -0.39 is 12.0 Å². The van der Waals surface area contributed by atoms with Gasteiger partial charge in [0.05, 0.1) is 18.9 Å². The predicted octanol–water partition coefficient (Wildman–Crippen LogP) is 1.89. The van der Waals surface area contributed by atoms with E-state index in [1.165, 1.54) is 18.9 Å². The van der Waals surface area contributed by atoms with Crippen molar-refractivity contribution in [3.63, 3.8) is 0 Å². The molecule has 0 aliphatic heterocycles. The standard InChI is InChI=1S/C15H16BrN5O3S/c1-24-14(23)13(9-2-4-10(16)5-3-9)17-12(22)8-25-15-18-19-20-21(15)11-6-7-11/h2-5,11,13H,6-8H2,1H3,(H,17,22). The summed E-state index contributed by atoms with van der Waals surface area (Å²) in [6.07, 6.45) is 2.11. The van der Waals surface area contributed by atoms with Crippen molar-refractivity contribution in [2.24, 2.45) is 0 Å². The number of tetrazole rings is 1. The Kier molecular flexibility index (Phi) is 5.69. The molecular weight excluding hydrogens is 410 g/mol. The van der Waals surface area contributed by atoms with Crippen LogP contribution in [-0.2, 0) is 14.3 Å². The van der Waals surface area contributed by atoms with Crippen molar-refractivity contribution in [1.29, 1.82) is 0 Å². The average molecular weight is 426 g/mol. The lowest BCUT2D eigenvalue weighted by Gasteiger charge is -2.16. The minimum absolute atomic E-state index is 0.108. The van der Waals surface area contributed by atoms with E-state index in [2.05, 4.69) is 36.8 Å². The lowest BCUT2D eigenvalue weighted by Crippen LogP contribution is -2.35. The highest BCUT2D eigenvalue weighted by molar-refractivity contribution is 9.10. The molecule has 0 bridgehead atoms. The Balaban J connectivity index is 1.62. The number of methoxy groups -OCH3 is 1. The number of carbonyl (C=O) groups is 2. The maximum Gasteiger partial charge on any atom is 0.333 e. The molecule has 132 valence electrons. The number of rotatable bonds is 7. The SMILES string of the molecule is COC(=O)C(NC(=O)CSc1nnnn1C1CC1)c1ccc(Br)cc1. The van der Waals surface area contributed by atoms with E-state index in [1.54, 1.807) is 28.9 Å². The van der Waals surface area contributed by atoms with Crippen LogP contribution in [0.3, 0.4) is 0 Å². The van der Waals surface area contributed by atoms with Crippen molar-refractivity contribution in [3.8, 4) is 0 Å². The molecule has 0 saturated heterocycles. The van der Waals surface area contributed by atoms with Crippen LogP contribution in [0.5, 0.6) is 0 Å². The molecule has 0 radical (unpaired) electrons. The van der Waals surface area contributed by atoms with Crippen LogP contribution in [-0.4, -0.2) is 44.9 Å². The molecular formula is C15H16BrN5O3S. The van der Waals surface area contributed by atoms with Crippen LogP contribution < -0.4 is 5.32 Å². The van der Waals surface area contributed by atoms with E-state index in [0.717, 1.165) is 17.3 Å².